The van der Waals surface area contributed by atoms with Gasteiger partial charge in [-0.3, -0.25) is 15.0 Å². The van der Waals surface area contributed by atoms with Crippen LogP contribution in [-0.4, -0.2) is 42.9 Å². The lowest BCUT2D eigenvalue weighted by molar-refractivity contribution is -0.132. The van der Waals surface area contributed by atoms with E-state index in [1.807, 2.05) is 4.90 Å². The number of primary amides is 1. The molecule has 1 aliphatic carbocycles. The van der Waals surface area contributed by atoms with Crippen molar-refractivity contribution in [1.29, 1.82) is 0 Å². The Morgan fingerprint density at radius 1 is 1.33 bits per heavy atom. The SMILES string of the molecule is COc1cc(N(NC(=O)C[C@@H]2CCN(C(=O)C3CC3)C2)C(N)=O)ccc1Br. The van der Waals surface area contributed by atoms with Crippen molar-refractivity contribution in [3.8, 4) is 5.75 Å². The van der Waals surface area contributed by atoms with Crippen LogP contribution in [0.3, 0.4) is 0 Å². The fourth-order valence-electron chi connectivity index (χ4n) is 3.25. The summed E-state index contributed by atoms with van der Waals surface area (Å²) < 4.78 is 5.93. The lowest BCUT2D eigenvalue weighted by atomic mass is 10.1. The maximum atomic E-state index is 12.4. The number of urea groups is 1. The molecule has 2 fully saturated rings. The number of carbonyl (C=O) groups is 3. The molecule has 0 bridgehead atoms. The van der Waals surface area contributed by atoms with Gasteiger partial charge in [0.05, 0.1) is 17.3 Å². The predicted molar refractivity (Wildman–Crippen MR) is 103 cm³/mol. The summed E-state index contributed by atoms with van der Waals surface area (Å²) in [4.78, 5) is 38.2. The van der Waals surface area contributed by atoms with Gasteiger partial charge in [-0.25, -0.2) is 9.80 Å². The summed E-state index contributed by atoms with van der Waals surface area (Å²) in [6.07, 6.45) is 2.97. The highest BCUT2D eigenvalue weighted by atomic mass is 79.9. The first-order valence-electron chi connectivity index (χ1n) is 8.90. The molecule has 0 unspecified atom stereocenters. The Bertz CT molecular complexity index is 753. The van der Waals surface area contributed by atoms with Gasteiger partial charge >= 0.3 is 6.03 Å². The zero-order chi connectivity index (χ0) is 19.6. The summed E-state index contributed by atoms with van der Waals surface area (Å²) in [5, 5.41) is 0.999. The van der Waals surface area contributed by atoms with Gasteiger partial charge in [0.25, 0.3) is 0 Å². The number of hydrogen-bond acceptors (Lipinski definition) is 4. The third-order valence-electron chi connectivity index (χ3n) is 4.85. The van der Waals surface area contributed by atoms with Crippen molar-refractivity contribution in [1.82, 2.24) is 10.3 Å². The van der Waals surface area contributed by atoms with E-state index in [-0.39, 0.29) is 30.1 Å². The van der Waals surface area contributed by atoms with Crippen LogP contribution in [0.4, 0.5) is 10.5 Å². The fraction of sp³-hybridized carbons (Fsp3) is 0.500. The zero-order valence-electron chi connectivity index (χ0n) is 15.1. The molecule has 1 heterocycles. The Morgan fingerprint density at radius 2 is 2.07 bits per heavy atom. The number of nitrogens with one attached hydrogen (secondary N) is 1. The van der Waals surface area contributed by atoms with Crippen molar-refractivity contribution in [2.75, 3.05) is 25.2 Å². The van der Waals surface area contributed by atoms with Crippen molar-refractivity contribution in [2.24, 2.45) is 17.6 Å². The molecule has 0 radical (unpaired) electrons. The lowest BCUT2D eigenvalue weighted by Gasteiger charge is -2.23. The van der Waals surface area contributed by atoms with Gasteiger partial charge < -0.3 is 15.4 Å². The molecule has 3 rings (SSSR count). The van der Waals surface area contributed by atoms with E-state index in [0.29, 0.717) is 24.5 Å². The average molecular weight is 439 g/mol. The molecule has 2 aliphatic rings. The topological polar surface area (TPSA) is 105 Å². The second-order valence-electron chi connectivity index (χ2n) is 6.94. The molecule has 1 saturated carbocycles. The van der Waals surface area contributed by atoms with Crippen molar-refractivity contribution in [3.05, 3.63) is 22.7 Å². The molecule has 0 aromatic heterocycles. The Balaban J connectivity index is 1.59. The second-order valence-corrected chi connectivity index (χ2v) is 7.80. The molecule has 3 N–H and O–H groups in total. The molecule has 0 spiro atoms. The van der Waals surface area contributed by atoms with Gasteiger partial charge in [0.15, 0.2) is 0 Å². The number of carbonyl (C=O) groups excluding carboxylic acids is 3. The zero-order valence-corrected chi connectivity index (χ0v) is 16.7. The summed E-state index contributed by atoms with van der Waals surface area (Å²) in [6.45, 7) is 1.28. The largest absolute Gasteiger partial charge is 0.495 e. The number of ether oxygens (including phenoxy) is 1. The molecule has 8 nitrogen and oxygen atoms in total. The maximum absolute atomic E-state index is 12.4. The van der Waals surface area contributed by atoms with E-state index in [9.17, 15) is 14.4 Å². The van der Waals surface area contributed by atoms with E-state index in [0.717, 1.165) is 28.7 Å². The highest BCUT2D eigenvalue weighted by molar-refractivity contribution is 9.10. The van der Waals surface area contributed by atoms with Crippen molar-refractivity contribution in [2.45, 2.75) is 25.7 Å². The van der Waals surface area contributed by atoms with Crippen molar-refractivity contribution < 1.29 is 19.1 Å². The highest BCUT2D eigenvalue weighted by Crippen LogP contribution is 2.33. The van der Waals surface area contributed by atoms with Crippen molar-refractivity contribution >= 4 is 39.5 Å². The number of halogens is 1. The summed E-state index contributed by atoms with van der Waals surface area (Å²) >= 11 is 3.34. The molecule has 1 aromatic carbocycles. The standard InChI is InChI=1S/C18H23BrN4O4/c1-27-15-9-13(4-5-14(15)19)23(18(20)26)21-16(24)8-11-6-7-22(10-11)17(25)12-2-3-12/h4-5,9,11-12H,2-3,6-8,10H2,1H3,(H2,20,26)(H,21,24)/t11-/m0/s1. The monoisotopic (exact) mass is 438 g/mol. The number of nitrogens with two attached hydrogens (primary N) is 1. The Kier molecular flexibility index (Phi) is 5.88. The van der Waals surface area contributed by atoms with E-state index in [1.165, 1.54) is 7.11 Å². The quantitative estimate of drug-likeness (QED) is 0.685. The van der Waals surface area contributed by atoms with Crippen LogP contribution in [0.15, 0.2) is 22.7 Å². The molecule has 1 saturated heterocycles. The van der Waals surface area contributed by atoms with Crippen LogP contribution in [0.1, 0.15) is 25.7 Å². The number of benzene rings is 1. The molecule has 1 aromatic rings. The molecule has 4 amide bonds. The van der Waals surface area contributed by atoms with Gasteiger partial charge in [-0.1, -0.05) is 0 Å². The van der Waals surface area contributed by atoms with Gasteiger partial charge in [-0.15, -0.1) is 0 Å². The third kappa shape index (κ3) is 4.71. The van der Waals surface area contributed by atoms with Gasteiger partial charge in [-0.05, 0) is 53.2 Å². The first kappa shape index (κ1) is 19.5. The first-order valence-corrected chi connectivity index (χ1v) is 9.69. The number of rotatable bonds is 5. The van der Waals surface area contributed by atoms with Gasteiger partial charge in [-0.2, -0.15) is 0 Å². The van der Waals surface area contributed by atoms with E-state index < -0.39 is 6.03 Å². The smallest absolute Gasteiger partial charge is 0.338 e. The lowest BCUT2D eigenvalue weighted by Crippen LogP contribution is -2.49. The molecule has 27 heavy (non-hydrogen) atoms. The number of hydrazine groups is 1. The van der Waals surface area contributed by atoms with Crippen molar-refractivity contribution in [3.63, 3.8) is 0 Å². The molecular formula is C18H23BrN4O4. The molecule has 1 atom stereocenters. The van der Waals surface area contributed by atoms with Crippen LogP contribution in [0.2, 0.25) is 0 Å². The number of nitrogens with zero attached hydrogens (tertiary/aromatic N) is 2. The second kappa shape index (κ2) is 8.16. The average Bonchev–Trinajstić information content (AvgIpc) is 3.39. The summed E-state index contributed by atoms with van der Waals surface area (Å²) in [5.74, 6) is 0.676. The van der Waals surface area contributed by atoms with Crippen LogP contribution < -0.4 is 20.9 Å². The van der Waals surface area contributed by atoms with Crippen LogP contribution in [-0.2, 0) is 9.59 Å². The van der Waals surface area contributed by atoms with E-state index in [2.05, 4.69) is 21.4 Å². The number of hydrogen-bond donors (Lipinski definition) is 2. The maximum Gasteiger partial charge on any atom is 0.338 e. The minimum Gasteiger partial charge on any atom is -0.495 e. The summed E-state index contributed by atoms with van der Waals surface area (Å²) in [5.41, 5.74) is 8.37. The molecule has 9 heteroatoms. The summed E-state index contributed by atoms with van der Waals surface area (Å²) in [7, 11) is 1.51. The van der Waals surface area contributed by atoms with Crippen LogP contribution in [0, 0.1) is 11.8 Å². The number of methoxy groups -OCH3 is 1. The first-order chi connectivity index (χ1) is 12.9. The van der Waals surface area contributed by atoms with Crippen LogP contribution >= 0.6 is 15.9 Å². The third-order valence-corrected chi connectivity index (χ3v) is 5.50. The molecular weight excluding hydrogens is 416 g/mol. The highest BCUT2D eigenvalue weighted by Gasteiger charge is 2.37. The normalized spacial score (nSPS) is 18.9. The van der Waals surface area contributed by atoms with Gasteiger partial charge in [0, 0.05) is 31.5 Å². The van der Waals surface area contributed by atoms with Crippen LogP contribution in [0.25, 0.3) is 0 Å². The van der Waals surface area contributed by atoms with E-state index >= 15 is 0 Å². The number of anilines is 1. The summed E-state index contributed by atoms with van der Waals surface area (Å²) in [6, 6.07) is 4.14. The Hall–Kier alpha value is -2.29. The Morgan fingerprint density at radius 3 is 2.70 bits per heavy atom. The minimum absolute atomic E-state index is 0.0851. The van der Waals surface area contributed by atoms with E-state index in [1.54, 1.807) is 18.2 Å². The van der Waals surface area contributed by atoms with Gasteiger partial charge in [0.1, 0.15) is 5.75 Å². The Labute approximate surface area is 166 Å². The number of likely N-dealkylation sites (tertiary alicyclic amines) is 1. The number of amides is 4. The van der Waals surface area contributed by atoms with Crippen LogP contribution in [0.5, 0.6) is 5.75 Å². The molecule has 1 aliphatic heterocycles. The van der Waals surface area contributed by atoms with E-state index in [4.69, 9.17) is 10.5 Å². The minimum atomic E-state index is -0.801. The molecule has 146 valence electrons. The fourth-order valence-corrected chi connectivity index (χ4v) is 3.66. The predicted octanol–water partition coefficient (Wildman–Crippen LogP) is 2.02. The van der Waals surface area contributed by atoms with Gasteiger partial charge in [0.2, 0.25) is 11.8 Å².